The summed E-state index contributed by atoms with van der Waals surface area (Å²) in [6.45, 7) is 1.43. The van der Waals surface area contributed by atoms with Crippen LogP contribution in [-0.4, -0.2) is 12.6 Å². The number of rotatable bonds is 2. The van der Waals surface area contributed by atoms with E-state index in [0.29, 0.717) is 6.07 Å². The normalized spacial score (nSPS) is 10.2. The lowest BCUT2D eigenvalue weighted by Crippen LogP contribution is -2.11. The van der Waals surface area contributed by atoms with Crippen molar-refractivity contribution in [3.8, 4) is 0 Å². The highest BCUT2D eigenvalue weighted by atomic mass is 79.9. The number of ether oxygens (including phenoxy) is 1. The van der Waals surface area contributed by atoms with Crippen molar-refractivity contribution in [2.24, 2.45) is 0 Å². The molecule has 0 N–H and O–H groups in total. The molecule has 0 heterocycles. The molecule has 0 aliphatic carbocycles. The largest absolute Gasteiger partial charge is 0.462 e. The van der Waals surface area contributed by atoms with Gasteiger partial charge in [0.25, 0.3) is 0 Å². The molecule has 0 amide bonds. The van der Waals surface area contributed by atoms with E-state index in [1.807, 2.05) is 0 Å². The SMILES string of the molecule is CCOC(=O)c1c(F)cc(Br)c(F)c1F. The van der Waals surface area contributed by atoms with Gasteiger partial charge in [0.05, 0.1) is 11.1 Å². The summed E-state index contributed by atoms with van der Waals surface area (Å²) in [5.74, 6) is -5.27. The van der Waals surface area contributed by atoms with E-state index in [0.717, 1.165) is 0 Å². The van der Waals surface area contributed by atoms with E-state index in [1.165, 1.54) is 6.92 Å². The smallest absolute Gasteiger partial charge is 0.344 e. The zero-order valence-corrected chi connectivity index (χ0v) is 9.20. The molecule has 82 valence electrons. The van der Waals surface area contributed by atoms with Crippen molar-refractivity contribution in [1.82, 2.24) is 0 Å². The highest BCUT2D eigenvalue weighted by Crippen LogP contribution is 2.24. The van der Waals surface area contributed by atoms with E-state index in [2.05, 4.69) is 20.7 Å². The Hall–Kier alpha value is -1.04. The van der Waals surface area contributed by atoms with Gasteiger partial charge in [-0.1, -0.05) is 0 Å². The minimum Gasteiger partial charge on any atom is -0.462 e. The lowest BCUT2D eigenvalue weighted by atomic mass is 10.2. The van der Waals surface area contributed by atoms with Crippen molar-refractivity contribution in [2.75, 3.05) is 6.61 Å². The van der Waals surface area contributed by atoms with Gasteiger partial charge in [0.1, 0.15) is 11.4 Å². The number of benzene rings is 1. The van der Waals surface area contributed by atoms with Gasteiger partial charge in [0.2, 0.25) is 0 Å². The van der Waals surface area contributed by atoms with Crippen molar-refractivity contribution >= 4 is 21.9 Å². The lowest BCUT2D eigenvalue weighted by Gasteiger charge is -2.06. The van der Waals surface area contributed by atoms with Crippen LogP contribution in [0.2, 0.25) is 0 Å². The van der Waals surface area contributed by atoms with Gasteiger partial charge in [-0.05, 0) is 28.9 Å². The number of esters is 1. The second kappa shape index (κ2) is 4.65. The van der Waals surface area contributed by atoms with Gasteiger partial charge in [-0.3, -0.25) is 0 Å². The zero-order chi connectivity index (χ0) is 11.6. The van der Waals surface area contributed by atoms with Crippen LogP contribution in [0.5, 0.6) is 0 Å². The Bertz CT molecular complexity index is 407. The van der Waals surface area contributed by atoms with Crippen LogP contribution in [0.1, 0.15) is 17.3 Å². The Morgan fingerprint density at radius 1 is 1.40 bits per heavy atom. The van der Waals surface area contributed by atoms with Crippen LogP contribution in [0.4, 0.5) is 13.2 Å². The molecule has 15 heavy (non-hydrogen) atoms. The van der Waals surface area contributed by atoms with Gasteiger partial charge >= 0.3 is 5.97 Å². The molecule has 0 spiro atoms. The third-order valence-electron chi connectivity index (χ3n) is 1.59. The fourth-order valence-electron chi connectivity index (χ4n) is 0.957. The second-order valence-electron chi connectivity index (χ2n) is 2.56. The second-order valence-corrected chi connectivity index (χ2v) is 3.42. The molecule has 0 bridgehead atoms. The number of halogens is 4. The van der Waals surface area contributed by atoms with E-state index in [9.17, 15) is 18.0 Å². The van der Waals surface area contributed by atoms with Crippen molar-refractivity contribution in [2.45, 2.75) is 6.92 Å². The molecule has 1 aromatic carbocycles. The minimum absolute atomic E-state index is 0.0462. The van der Waals surface area contributed by atoms with Crippen LogP contribution in [0.15, 0.2) is 10.5 Å². The van der Waals surface area contributed by atoms with Crippen LogP contribution in [0, 0.1) is 17.5 Å². The molecule has 0 aromatic heterocycles. The predicted octanol–water partition coefficient (Wildman–Crippen LogP) is 3.04. The Labute approximate surface area is 92.2 Å². The van der Waals surface area contributed by atoms with Crippen LogP contribution in [0.3, 0.4) is 0 Å². The monoisotopic (exact) mass is 282 g/mol. The van der Waals surface area contributed by atoms with E-state index in [4.69, 9.17) is 0 Å². The Kier molecular flexibility index (Phi) is 3.73. The Morgan fingerprint density at radius 2 is 2.00 bits per heavy atom. The number of hydrogen-bond donors (Lipinski definition) is 0. The van der Waals surface area contributed by atoms with E-state index < -0.39 is 29.0 Å². The van der Waals surface area contributed by atoms with Crippen molar-refractivity contribution in [3.05, 3.63) is 33.6 Å². The van der Waals surface area contributed by atoms with Gasteiger partial charge in [0.15, 0.2) is 11.6 Å². The first-order valence-corrected chi connectivity index (χ1v) is 4.78. The van der Waals surface area contributed by atoms with Crippen LogP contribution in [-0.2, 0) is 4.74 Å². The van der Waals surface area contributed by atoms with Crippen molar-refractivity contribution < 1.29 is 22.7 Å². The molecule has 0 radical (unpaired) electrons. The Balaban J connectivity index is 3.29. The zero-order valence-electron chi connectivity index (χ0n) is 7.61. The topological polar surface area (TPSA) is 26.3 Å². The highest BCUT2D eigenvalue weighted by molar-refractivity contribution is 9.10. The molecule has 0 atom stereocenters. The summed E-state index contributed by atoms with van der Waals surface area (Å²) in [5.41, 5.74) is -1.02. The first-order valence-electron chi connectivity index (χ1n) is 3.99. The van der Waals surface area contributed by atoms with Crippen LogP contribution >= 0.6 is 15.9 Å². The molecule has 2 nitrogen and oxygen atoms in total. The van der Waals surface area contributed by atoms with Gasteiger partial charge in [-0.25, -0.2) is 18.0 Å². The lowest BCUT2D eigenvalue weighted by molar-refractivity contribution is 0.0514. The third kappa shape index (κ3) is 2.31. The first-order chi connectivity index (χ1) is 6.99. The molecular formula is C9H6BrF3O2. The molecule has 1 rings (SSSR count). The number of carbonyl (C=O) groups is 1. The number of carbonyl (C=O) groups excluding carboxylic acids is 1. The average molecular weight is 283 g/mol. The predicted molar refractivity (Wildman–Crippen MR) is 50.0 cm³/mol. The minimum atomic E-state index is -1.56. The molecular weight excluding hydrogens is 277 g/mol. The van der Waals surface area contributed by atoms with Gasteiger partial charge in [-0.15, -0.1) is 0 Å². The Morgan fingerprint density at radius 3 is 2.53 bits per heavy atom. The van der Waals surface area contributed by atoms with Gasteiger partial charge in [0, 0.05) is 0 Å². The van der Waals surface area contributed by atoms with E-state index >= 15 is 0 Å². The van der Waals surface area contributed by atoms with Crippen LogP contribution in [0.25, 0.3) is 0 Å². The quantitative estimate of drug-likeness (QED) is 0.473. The van der Waals surface area contributed by atoms with Crippen molar-refractivity contribution in [1.29, 1.82) is 0 Å². The van der Waals surface area contributed by atoms with Crippen molar-refractivity contribution in [3.63, 3.8) is 0 Å². The molecule has 0 saturated heterocycles. The molecule has 0 aliphatic rings. The molecule has 0 saturated carbocycles. The standard InChI is InChI=1S/C9H6BrF3O2/c1-2-15-9(14)6-5(11)3-4(10)7(12)8(6)13/h3H,2H2,1H3. The maximum absolute atomic E-state index is 13.2. The summed E-state index contributed by atoms with van der Waals surface area (Å²) in [7, 11) is 0. The average Bonchev–Trinajstić information content (AvgIpc) is 2.15. The van der Waals surface area contributed by atoms with E-state index in [-0.39, 0.29) is 11.1 Å². The van der Waals surface area contributed by atoms with Gasteiger partial charge < -0.3 is 4.74 Å². The first kappa shape index (κ1) is 12.0. The third-order valence-corrected chi connectivity index (χ3v) is 2.17. The molecule has 6 heteroatoms. The summed E-state index contributed by atoms with van der Waals surface area (Å²) in [4.78, 5) is 11.1. The van der Waals surface area contributed by atoms with E-state index in [1.54, 1.807) is 0 Å². The molecule has 1 aromatic rings. The fourth-order valence-corrected chi connectivity index (χ4v) is 1.33. The van der Waals surface area contributed by atoms with Gasteiger partial charge in [-0.2, -0.15) is 0 Å². The summed E-state index contributed by atoms with van der Waals surface area (Å²) in [6.07, 6.45) is 0. The maximum Gasteiger partial charge on any atom is 0.344 e. The summed E-state index contributed by atoms with van der Waals surface area (Å²) >= 11 is 2.61. The maximum atomic E-state index is 13.2. The molecule has 0 aliphatic heterocycles. The molecule has 0 unspecified atom stereocenters. The summed E-state index contributed by atoms with van der Waals surface area (Å²) in [5, 5.41) is 0. The fraction of sp³-hybridized carbons (Fsp3) is 0.222. The highest BCUT2D eigenvalue weighted by Gasteiger charge is 2.24. The molecule has 0 fully saturated rings. The number of hydrogen-bond acceptors (Lipinski definition) is 2. The summed E-state index contributed by atoms with van der Waals surface area (Å²) < 4.78 is 43.3. The summed E-state index contributed by atoms with van der Waals surface area (Å²) in [6, 6.07) is 0.671. The van der Waals surface area contributed by atoms with Crippen LogP contribution < -0.4 is 0 Å².